The number of nitrogens with zero attached hydrogens (tertiary/aromatic N) is 3. The lowest BCUT2D eigenvalue weighted by atomic mass is 10.1. The van der Waals surface area contributed by atoms with Crippen LogP contribution in [-0.4, -0.2) is 67.2 Å². The zero-order valence-electron chi connectivity index (χ0n) is 18.6. The molecule has 1 fully saturated rings. The maximum atomic E-state index is 12.9. The van der Waals surface area contributed by atoms with E-state index < -0.39 is 10.0 Å². The summed E-state index contributed by atoms with van der Waals surface area (Å²) in [5, 5.41) is 0.499. The van der Waals surface area contributed by atoms with Crippen molar-refractivity contribution in [3.8, 4) is 0 Å². The van der Waals surface area contributed by atoms with Crippen molar-refractivity contribution in [2.45, 2.75) is 38.3 Å². The van der Waals surface area contributed by atoms with Gasteiger partial charge in [-0.15, -0.1) is 0 Å². The summed E-state index contributed by atoms with van der Waals surface area (Å²) in [6.07, 6.45) is 0. The Morgan fingerprint density at radius 1 is 1.00 bits per heavy atom. The van der Waals surface area contributed by atoms with E-state index in [9.17, 15) is 13.2 Å². The molecule has 0 spiro atoms. The van der Waals surface area contributed by atoms with Crippen LogP contribution in [0.15, 0.2) is 47.4 Å². The third kappa shape index (κ3) is 5.64. The molecule has 1 aliphatic heterocycles. The highest BCUT2D eigenvalue weighted by atomic mass is 35.5. The predicted octanol–water partition coefficient (Wildman–Crippen LogP) is 4.37. The molecular formula is C23H29Cl2N3O3S. The van der Waals surface area contributed by atoms with Gasteiger partial charge in [-0.05, 0) is 56.3 Å². The van der Waals surface area contributed by atoms with Gasteiger partial charge in [-0.3, -0.25) is 9.69 Å². The molecule has 32 heavy (non-hydrogen) atoms. The monoisotopic (exact) mass is 497 g/mol. The second-order valence-corrected chi connectivity index (χ2v) is 10.9. The first-order chi connectivity index (χ1) is 15.1. The average molecular weight is 498 g/mol. The number of carbonyl (C=O) groups is 1. The van der Waals surface area contributed by atoms with Crippen LogP contribution >= 0.6 is 23.2 Å². The van der Waals surface area contributed by atoms with E-state index >= 15 is 0 Å². The smallest absolute Gasteiger partial charge is 0.253 e. The van der Waals surface area contributed by atoms with Crippen LogP contribution in [0.4, 0.5) is 0 Å². The van der Waals surface area contributed by atoms with Gasteiger partial charge in [0.15, 0.2) is 0 Å². The molecular weight excluding hydrogens is 469 g/mol. The van der Waals surface area contributed by atoms with Gasteiger partial charge in [-0.2, -0.15) is 4.31 Å². The second-order valence-electron chi connectivity index (χ2n) is 8.13. The van der Waals surface area contributed by atoms with Gasteiger partial charge in [0.05, 0.1) is 14.9 Å². The first kappa shape index (κ1) is 25.0. The fourth-order valence-corrected chi connectivity index (χ4v) is 5.56. The quantitative estimate of drug-likeness (QED) is 0.569. The molecule has 174 valence electrons. The van der Waals surface area contributed by atoms with Crippen molar-refractivity contribution in [1.29, 1.82) is 0 Å². The molecule has 0 radical (unpaired) electrons. The summed E-state index contributed by atoms with van der Waals surface area (Å²) in [5.74, 6) is -0.0839. The van der Waals surface area contributed by atoms with Gasteiger partial charge in [-0.1, -0.05) is 42.3 Å². The molecule has 0 atom stereocenters. The lowest BCUT2D eigenvalue weighted by molar-refractivity contribution is 0.0698. The maximum absolute atomic E-state index is 12.9. The van der Waals surface area contributed by atoms with Crippen molar-refractivity contribution >= 4 is 39.1 Å². The Kier molecular flexibility index (Phi) is 8.22. The number of carbonyl (C=O) groups excluding carboxylic acids is 1. The molecule has 0 bridgehead atoms. The molecule has 0 saturated carbocycles. The molecule has 2 aromatic carbocycles. The van der Waals surface area contributed by atoms with Gasteiger partial charge < -0.3 is 4.90 Å². The Bertz CT molecular complexity index is 1050. The van der Waals surface area contributed by atoms with Crippen molar-refractivity contribution in [2.24, 2.45) is 0 Å². The van der Waals surface area contributed by atoms with Crippen LogP contribution in [0, 0.1) is 0 Å². The van der Waals surface area contributed by atoms with Gasteiger partial charge in [0.25, 0.3) is 5.91 Å². The minimum absolute atomic E-state index is 0.0839. The van der Waals surface area contributed by atoms with Gasteiger partial charge in [0.1, 0.15) is 0 Å². The number of sulfonamides is 1. The fraction of sp³-hybridized carbons (Fsp3) is 0.435. The SMILES string of the molecule is CCN(Cc1ccc(C(=O)N2CCN(S(=O)(=O)c3ccc(Cl)c(Cl)c3)CC2)cc1)C(C)C. The Hall–Kier alpha value is -1.64. The predicted molar refractivity (Wildman–Crippen MR) is 129 cm³/mol. The number of piperazine rings is 1. The summed E-state index contributed by atoms with van der Waals surface area (Å²) >= 11 is 11.9. The molecule has 0 aliphatic carbocycles. The highest BCUT2D eigenvalue weighted by Gasteiger charge is 2.30. The highest BCUT2D eigenvalue weighted by molar-refractivity contribution is 7.89. The fourth-order valence-electron chi connectivity index (χ4n) is 3.75. The molecule has 1 heterocycles. The second kappa shape index (κ2) is 10.5. The Balaban J connectivity index is 1.62. The van der Waals surface area contributed by atoms with E-state index in [1.54, 1.807) is 4.90 Å². The molecule has 3 rings (SSSR count). The standard InChI is InChI=1S/C23H29Cl2N3O3S/c1-4-26(17(2)3)16-18-5-7-19(8-6-18)23(29)27-11-13-28(14-12-27)32(30,31)20-9-10-21(24)22(25)15-20/h5-10,15,17H,4,11-14,16H2,1-3H3. The molecule has 2 aromatic rings. The van der Waals surface area contributed by atoms with Crippen LogP contribution in [0.5, 0.6) is 0 Å². The Morgan fingerprint density at radius 2 is 1.62 bits per heavy atom. The summed E-state index contributed by atoms with van der Waals surface area (Å²) < 4.78 is 27.2. The van der Waals surface area contributed by atoms with E-state index in [-0.39, 0.29) is 28.9 Å². The Labute approximate surface area is 200 Å². The largest absolute Gasteiger partial charge is 0.336 e. The summed E-state index contributed by atoms with van der Waals surface area (Å²) in [6, 6.07) is 12.4. The lowest BCUT2D eigenvalue weighted by Gasteiger charge is -2.34. The van der Waals surface area contributed by atoms with E-state index in [4.69, 9.17) is 23.2 Å². The third-order valence-electron chi connectivity index (χ3n) is 5.78. The molecule has 1 aliphatic rings. The van der Waals surface area contributed by atoms with Crippen molar-refractivity contribution in [1.82, 2.24) is 14.1 Å². The van der Waals surface area contributed by atoms with E-state index in [0.717, 1.165) is 18.7 Å². The number of amides is 1. The van der Waals surface area contributed by atoms with E-state index in [2.05, 4.69) is 25.7 Å². The van der Waals surface area contributed by atoms with E-state index in [1.165, 1.54) is 22.5 Å². The first-order valence-corrected chi connectivity index (χ1v) is 12.9. The van der Waals surface area contributed by atoms with Gasteiger partial charge in [-0.25, -0.2) is 8.42 Å². The Morgan fingerprint density at radius 3 is 2.16 bits per heavy atom. The van der Waals surface area contributed by atoms with E-state index in [0.29, 0.717) is 29.7 Å². The van der Waals surface area contributed by atoms with Gasteiger partial charge in [0.2, 0.25) is 10.0 Å². The van der Waals surface area contributed by atoms with Gasteiger partial charge in [0, 0.05) is 44.3 Å². The highest BCUT2D eigenvalue weighted by Crippen LogP contribution is 2.27. The third-order valence-corrected chi connectivity index (χ3v) is 8.41. The summed E-state index contributed by atoms with van der Waals surface area (Å²) in [5.41, 5.74) is 1.77. The van der Waals surface area contributed by atoms with Crippen molar-refractivity contribution < 1.29 is 13.2 Å². The van der Waals surface area contributed by atoms with Crippen LogP contribution < -0.4 is 0 Å². The molecule has 6 nitrogen and oxygen atoms in total. The molecule has 9 heteroatoms. The molecule has 1 saturated heterocycles. The minimum Gasteiger partial charge on any atom is -0.336 e. The van der Waals surface area contributed by atoms with Crippen molar-refractivity contribution in [3.05, 3.63) is 63.6 Å². The van der Waals surface area contributed by atoms with Crippen LogP contribution in [0.2, 0.25) is 10.0 Å². The van der Waals surface area contributed by atoms with Crippen LogP contribution in [0.1, 0.15) is 36.7 Å². The zero-order chi connectivity index (χ0) is 23.5. The minimum atomic E-state index is -3.69. The van der Waals surface area contributed by atoms with Crippen LogP contribution in [0.3, 0.4) is 0 Å². The van der Waals surface area contributed by atoms with Crippen molar-refractivity contribution in [3.63, 3.8) is 0 Å². The van der Waals surface area contributed by atoms with Crippen molar-refractivity contribution in [2.75, 3.05) is 32.7 Å². The average Bonchev–Trinajstić information content (AvgIpc) is 2.79. The molecule has 0 N–H and O–H groups in total. The van der Waals surface area contributed by atoms with Gasteiger partial charge >= 0.3 is 0 Å². The van der Waals surface area contributed by atoms with Crippen LogP contribution in [-0.2, 0) is 16.6 Å². The number of rotatable bonds is 7. The summed E-state index contributed by atoms with van der Waals surface area (Å²) in [7, 11) is -3.69. The summed E-state index contributed by atoms with van der Waals surface area (Å²) in [6.45, 7) is 9.40. The molecule has 1 amide bonds. The number of halogens is 2. The zero-order valence-corrected chi connectivity index (χ0v) is 20.9. The normalized spacial score (nSPS) is 15.5. The van der Waals surface area contributed by atoms with Crippen LogP contribution in [0.25, 0.3) is 0 Å². The molecule has 0 unspecified atom stereocenters. The van der Waals surface area contributed by atoms with E-state index in [1.807, 2.05) is 24.3 Å². The number of hydrogen-bond acceptors (Lipinski definition) is 4. The summed E-state index contributed by atoms with van der Waals surface area (Å²) in [4.78, 5) is 17.1. The lowest BCUT2D eigenvalue weighted by Crippen LogP contribution is -2.50. The first-order valence-electron chi connectivity index (χ1n) is 10.7. The number of benzene rings is 2. The maximum Gasteiger partial charge on any atom is 0.253 e. The topological polar surface area (TPSA) is 60.9 Å². The number of hydrogen-bond donors (Lipinski definition) is 0. The molecule has 0 aromatic heterocycles.